The molecule has 0 aliphatic heterocycles. The summed E-state index contributed by atoms with van der Waals surface area (Å²) < 4.78 is 27.9. The van der Waals surface area contributed by atoms with E-state index in [1.807, 2.05) is 31.6 Å². The van der Waals surface area contributed by atoms with Crippen LogP contribution in [-0.4, -0.2) is 79.2 Å². The van der Waals surface area contributed by atoms with Crippen molar-refractivity contribution in [2.24, 2.45) is 13.0 Å². The molecular weight excluding hydrogens is 540 g/mol. The Morgan fingerprint density at radius 2 is 1.83 bits per heavy atom. The highest BCUT2D eigenvalue weighted by molar-refractivity contribution is 7.90. The van der Waals surface area contributed by atoms with Crippen LogP contribution in [0.5, 0.6) is 0 Å². The van der Waals surface area contributed by atoms with E-state index in [0.29, 0.717) is 41.9 Å². The molecule has 2 N–H and O–H groups in total. The fraction of sp³-hybridized carbons (Fsp3) is 0.464. The van der Waals surface area contributed by atoms with Gasteiger partial charge in [-0.3, -0.25) is 4.68 Å². The minimum atomic E-state index is -3.45. The van der Waals surface area contributed by atoms with E-state index in [1.165, 1.54) is 25.2 Å². The van der Waals surface area contributed by atoms with Crippen molar-refractivity contribution in [1.29, 1.82) is 0 Å². The van der Waals surface area contributed by atoms with Crippen molar-refractivity contribution in [2.45, 2.75) is 49.8 Å². The molecule has 0 unspecified atom stereocenters. The number of rotatable bonds is 10. The van der Waals surface area contributed by atoms with Gasteiger partial charge in [0.05, 0.1) is 28.9 Å². The number of aromatic nitrogens is 7. The largest absolute Gasteiger partial charge is 0.382 e. The number of hydrogen-bond donors (Lipinski definition) is 2. The van der Waals surface area contributed by atoms with Crippen LogP contribution in [0.25, 0.3) is 22.6 Å². The van der Waals surface area contributed by atoms with Gasteiger partial charge >= 0.3 is 0 Å². The summed E-state index contributed by atoms with van der Waals surface area (Å²) in [7, 11) is 2.73. The van der Waals surface area contributed by atoms with Gasteiger partial charge in [-0.2, -0.15) is 14.3 Å². The molecule has 0 amide bonds. The Bertz CT molecular complexity index is 1620. The molecule has 13 heteroatoms. The molecule has 0 atom stereocenters. The van der Waals surface area contributed by atoms with Crippen molar-refractivity contribution in [3.63, 3.8) is 0 Å². The standard InChI is InChI=1S/C28H36N10O2S/c1-36(2)17-19-4-6-21(7-5-19)32-25-14-27(30-16-23(25)24-11-13-37(3)35-24)33-26-10-12-29-28(34-26)20-15-31-38(18-20)41(39,40)22-8-9-22/h10-16,18-19,21-22H,4-9,17H2,1-3H3,(H2,29,30,32,33,34). The minimum Gasteiger partial charge on any atom is -0.382 e. The fourth-order valence-electron chi connectivity index (χ4n) is 5.41. The summed E-state index contributed by atoms with van der Waals surface area (Å²) >= 11 is 0. The molecule has 6 rings (SSSR count). The van der Waals surface area contributed by atoms with Gasteiger partial charge in [0.2, 0.25) is 0 Å². The first-order chi connectivity index (χ1) is 19.7. The fourth-order valence-corrected chi connectivity index (χ4v) is 6.88. The maximum atomic E-state index is 12.5. The highest BCUT2D eigenvalue weighted by atomic mass is 32.2. The van der Waals surface area contributed by atoms with E-state index < -0.39 is 10.0 Å². The number of pyridine rings is 1. The van der Waals surface area contributed by atoms with Gasteiger partial charge in [-0.05, 0) is 70.7 Å². The Kier molecular flexibility index (Phi) is 7.47. The first kappa shape index (κ1) is 27.3. The second-order valence-corrected chi connectivity index (χ2v) is 13.4. The van der Waals surface area contributed by atoms with Crippen molar-refractivity contribution in [2.75, 3.05) is 31.3 Å². The predicted molar refractivity (Wildman–Crippen MR) is 158 cm³/mol. The normalized spacial score (nSPS) is 19.4. The summed E-state index contributed by atoms with van der Waals surface area (Å²) in [5.74, 6) is 2.29. The third-order valence-electron chi connectivity index (χ3n) is 7.66. The molecule has 2 aliphatic carbocycles. The summed E-state index contributed by atoms with van der Waals surface area (Å²) in [5, 5.41) is 15.4. The Balaban J connectivity index is 1.21. The Hall–Kier alpha value is -3.84. The summed E-state index contributed by atoms with van der Waals surface area (Å²) in [6.45, 7) is 1.13. The van der Waals surface area contributed by atoms with Crippen molar-refractivity contribution in [3.8, 4) is 22.6 Å². The molecule has 0 aromatic carbocycles. The maximum absolute atomic E-state index is 12.5. The van der Waals surface area contributed by atoms with Crippen molar-refractivity contribution < 1.29 is 8.42 Å². The quantitative estimate of drug-likeness (QED) is 0.287. The average molecular weight is 577 g/mol. The lowest BCUT2D eigenvalue weighted by atomic mass is 9.85. The first-order valence-corrected chi connectivity index (χ1v) is 15.6. The molecule has 0 bridgehead atoms. The van der Waals surface area contributed by atoms with Gasteiger partial charge in [0.1, 0.15) is 11.6 Å². The lowest BCUT2D eigenvalue weighted by Gasteiger charge is -2.31. The van der Waals surface area contributed by atoms with Gasteiger partial charge in [-0.1, -0.05) is 0 Å². The van der Waals surface area contributed by atoms with E-state index in [0.717, 1.165) is 46.3 Å². The van der Waals surface area contributed by atoms with Crippen molar-refractivity contribution >= 4 is 27.3 Å². The minimum absolute atomic E-state index is 0.347. The number of nitrogens with zero attached hydrogens (tertiary/aromatic N) is 8. The summed E-state index contributed by atoms with van der Waals surface area (Å²) in [6, 6.07) is 6.12. The van der Waals surface area contributed by atoms with E-state index >= 15 is 0 Å². The highest BCUT2D eigenvalue weighted by Crippen LogP contribution is 2.33. The monoisotopic (exact) mass is 576 g/mol. The topological polar surface area (TPSA) is 136 Å². The summed E-state index contributed by atoms with van der Waals surface area (Å²) in [4.78, 5) is 15.9. The zero-order chi connectivity index (χ0) is 28.6. The molecule has 216 valence electrons. The van der Waals surface area contributed by atoms with Crippen molar-refractivity contribution in [3.05, 3.63) is 49.2 Å². The lowest BCUT2D eigenvalue weighted by Crippen LogP contribution is -2.31. The number of anilines is 3. The lowest BCUT2D eigenvalue weighted by molar-refractivity contribution is 0.255. The van der Waals surface area contributed by atoms with Crippen LogP contribution in [-0.2, 0) is 17.1 Å². The van der Waals surface area contributed by atoms with E-state index in [4.69, 9.17) is 0 Å². The third kappa shape index (κ3) is 6.25. The smallest absolute Gasteiger partial charge is 0.256 e. The molecule has 0 saturated heterocycles. The van der Waals surface area contributed by atoms with Crippen LogP contribution in [0.1, 0.15) is 38.5 Å². The van der Waals surface area contributed by atoms with E-state index in [9.17, 15) is 8.42 Å². The van der Waals surface area contributed by atoms with Crippen molar-refractivity contribution in [1.82, 2.24) is 38.8 Å². The molecule has 0 radical (unpaired) electrons. The van der Waals surface area contributed by atoms with Gasteiger partial charge in [-0.25, -0.2) is 23.4 Å². The van der Waals surface area contributed by atoms with Gasteiger partial charge in [-0.15, -0.1) is 0 Å². The molecule has 0 spiro atoms. The van der Waals surface area contributed by atoms with Gasteiger partial charge in [0, 0.05) is 55.5 Å². The van der Waals surface area contributed by atoms with Gasteiger partial charge in [0.25, 0.3) is 10.0 Å². The Morgan fingerprint density at radius 3 is 2.54 bits per heavy atom. The molecule has 41 heavy (non-hydrogen) atoms. The zero-order valence-corrected chi connectivity index (χ0v) is 24.4. The average Bonchev–Trinajstić information content (AvgIpc) is 3.54. The second kappa shape index (κ2) is 11.2. The van der Waals surface area contributed by atoms with E-state index in [-0.39, 0.29) is 5.25 Å². The summed E-state index contributed by atoms with van der Waals surface area (Å²) in [5.41, 5.74) is 3.30. The number of aryl methyl sites for hydroxylation is 1. The molecule has 4 aromatic rings. The molecule has 4 aromatic heterocycles. The number of hydrogen-bond acceptors (Lipinski definition) is 10. The maximum Gasteiger partial charge on any atom is 0.256 e. The first-order valence-electron chi connectivity index (χ1n) is 14.1. The second-order valence-electron chi connectivity index (χ2n) is 11.4. The highest BCUT2D eigenvalue weighted by Gasteiger charge is 2.37. The molecular formula is C28H36N10O2S. The van der Waals surface area contributed by atoms with Crippen LogP contribution in [0.3, 0.4) is 0 Å². The molecule has 2 saturated carbocycles. The zero-order valence-electron chi connectivity index (χ0n) is 23.6. The van der Waals surface area contributed by atoms with Crippen LogP contribution in [0.2, 0.25) is 0 Å². The number of nitrogens with one attached hydrogen (secondary N) is 2. The van der Waals surface area contributed by atoms with E-state index in [2.05, 4.69) is 54.8 Å². The third-order valence-corrected chi connectivity index (χ3v) is 9.69. The Morgan fingerprint density at radius 1 is 1.02 bits per heavy atom. The predicted octanol–water partition coefficient (Wildman–Crippen LogP) is 3.75. The van der Waals surface area contributed by atoms with Crippen LogP contribution in [0.15, 0.2) is 49.2 Å². The van der Waals surface area contributed by atoms with Gasteiger partial charge < -0.3 is 15.5 Å². The van der Waals surface area contributed by atoms with E-state index in [1.54, 1.807) is 16.9 Å². The van der Waals surface area contributed by atoms with Crippen LogP contribution >= 0.6 is 0 Å². The van der Waals surface area contributed by atoms with Gasteiger partial charge in [0.15, 0.2) is 5.82 Å². The SMILES string of the molecule is CN(C)CC1CCC(Nc2cc(Nc3ccnc(-c4cnn(S(=O)(=O)C5CC5)c4)n3)ncc2-c2ccn(C)n2)CC1. The van der Waals surface area contributed by atoms with Crippen LogP contribution in [0.4, 0.5) is 17.3 Å². The van der Waals surface area contributed by atoms with Crippen LogP contribution in [0, 0.1) is 5.92 Å². The molecule has 4 heterocycles. The molecule has 2 fully saturated rings. The Labute approximate surface area is 240 Å². The van der Waals surface area contributed by atoms with Crippen LogP contribution < -0.4 is 10.6 Å². The summed E-state index contributed by atoms with van der Waals surface area (Å²) in [6.07, 6.45) is 14.3. The molecule has 2 aliphatic rings. The molecule has 12 nitrogen and oxygen atoms in total.